The van der Waals surface area contributed by atoms with Gasteiger partial charge in [0, 0.05) is 36.0 Å². The number of Topliss-reactive ketones (excluding diaryl/α,β-unsaturated/α-hetero) is 1. The van der Waals surface area contributed by atoms with Crippen LogP contribution in [-0.2, 0) is 20.7 Å². The van der Waals surface area contributed by atoms with Crippen LogP contribution in [0.1, 0.15) is 68.8 Å². The van der Waals surface area contributed by atoms with Crippen LogP contribution in [0.5, 0.6) is 17.2 Å². The number of halogens is 1. The number of hydrogen-bond donors (Lipinski definition) is 5. The van der Waals surface area contributed by atoms with Gasteiger partial charge in [-0.05, 0) is 12.0 Å². The second kappa shape index (κ2) is 10.2. The SMILES string of the molecule is COc1cccc2c1C(=O)c1c(O)c3c(c(O)c1C2=O)CC(O)(C(=O)CO)CC3OC1CC(C)C(O)C(CF)O1. The molecule has 1 fully saturated rings. The molecular weight excluding hydrogens is 531 g/mol. The molecule has 0 amide bonds. The maximum Gasteiger partial charge on any atom is 0.202 e. The molecule has 214 valence electrons. The first-order chi connectivity index (χ1) is 19.0. The number of carbonyl (C=O) groups excluding carboxylic acids is 3. The summed E-state index contributed by atoms with van der Waals surface area (Å²) in [4.78, 5) is 39.8. The van der Waals surface area contributed by atoms with Crippen LogP contribution < -0.4 is 4.74 Å². The summed E-state index contributed by atoms with van der Waals surface area (Å²) in [5.41, 5.74) is -3.86. The number of carbonyl (C=O) groups is 3. The van der Waals surface area contributed by atoms with Gasteiger partial charge in [-0.3, -0.25) is 14.4 Å². The summed E-state index contributed by atoms with van der Waals surface area (Å²) >= 11 is 0. The molecule has 6 unspecified atom stereocenters. The predicted molar refractivity (Wildman–Crippen MR) is 133 cm³/mol. The molecule has 0 spiro atoms. The van der Waals surface area contributed by atoms with Crippen molar-refractivity contribution < 1.29 is 58.5 Å². The van der Waals surface area contributed by atoms with Crippen molar-refractivity contribution in [3.63, 3.8) is 0 Å². The molecule has 1 heterocycles. The average Bonchev–Trinajstić information content (AvgIpc) is 2.94. The number of hydrogen-bond acceptors (Lipinski definition) is 11. The molecule has 0 aromatic heterocycles. The number of phenols is 2. The quantitative estimate of drug-likeness (QED) is 0.274. The average molecular weight is 561 g/mol. The van der Waals surface area contributed by atoms with E-state index in [1.54, 1.807) is 6.92 Å². The Balaban J connectivity index is 1.68. The first-order valence-electron chi connectivity index (χ1n) is 12.8. The number of aromatic hydroxyl groups is 2. The summed E-state index contributed by atoms with van der Waals surface area (Å²) in [5.74, 6) is -4.41. The van der Waals surface area contributed by atoms with Crippen LogP contribution in [0.25, 0.3) is 0 Å². The van der Waals surface area contributed by atoms with E-state index in [1.807, 2.05) is 0 Å². The second-order valence-corrected chi connectivity index (χ2v) is 10.5. The van der Waals surface area contributed by atoms with E-state index in [1.165, 1.54) is 25.3 Å². The molecule has 2 aromatic carbocycles. The van der Waals surface area contributed by atoms with E-state index in [-0.39, 0.29) is 34.4 Å². The van der Waals surface area contributed by atoms with E-state index in [2.05, 4.69) is 0 Å². The van der Waals surface area contributed by atoms with Crippen molar-refractivity contribution in [2.45, 2.75) is 56.4 Å². The van der Waals surface area contributed by atoms with Gasteiger partial charge in [0.1, 0.15) is 42.2 Å². The minimum atomic E-state index is -2.29. The van der Waals surface area contributed by atoms with Gasteiger partial charge in [0.15, 0.2) is 17.9 Å². The zero-order chi connectivity index (χ0) is 29.1. The van der Waals surface area contributed by atoms with Crippen molar-refractivity contribution >= 4 is 17.3 Å². The summed E-state index contributed by atoms with van der Waals surface area (Å²) in [7, 11) is 1.31. The Morgan fingerprint density at radius 3 is 2.50 bits per heavy atom. The van der Waals surface area contributed by atoms with Gasteiger partial charge in [-0.15, -0.1) is 0 Å². The van der Waals surface area contributed by atoms with E-state index < -0.39 is 102 Å². The number of fused-ring (bicyclic) bond motifs is 3. The third-order valence-electron chi connectivity index (χ3n) is 8.06. The molecule has 5 rings (SSSR count). The number of methoxy groups -OCH3 is 1. The Labute approximate surface area is 227 Å². The number of alkyl halides is 1. The summed E-state index contributed by atoms with van der Waals surface area (Å²) in [6, 6.07) is 4.32. The van der Waals surface area contributed by atoms with Crippen molar-refractivity contribution in [2.75, 3.05) is 20.4 Å². The topological polar surface area (TPSA) is 180 Å². The highest BCUT2D eigenvalue weighted by atomic mass is 19.1. The molecular formula is C28H29FO11. The van der Waals surface area contributed by atoms with E-state index in [4.69, 9.17) is 14.2 Å². The molecule has 3 aliphatic rings. The normalized spacial score (nSPS) is 29.4. The van der Waals surface area contributed by atoms with Gasteiger partial charge < -0.3 is 39.7 Å². The van der Waals surface area contributed by atoms with Crippen molar-refractivity contribution in [1.82, 2.24) is 0 Å². The smallest absolute Gasteiger partial charge is 0.202 e. The largest absolute Gasteiger partial charge is 0.507 e. The van der Waals surface area contributed by atoms with Gasteiger partial charge >= 0.3 is 0 Å². The standard InChI is InChI=1S/C28H29FO11/c1-11-6-18(40-16(9-29)23(11)32)39-15-8-28(37,17(31)10-30)7-13-20(15)27(36)22-21(25(13)34)24(33)12-4-3-5-14(38-2)19(12)26(22)35/h3-5,11,15-16,18,23,30,32,34,36-37H,6-10H2,1-2H3. The van der Waals surface area contributed by atoms with Crippen LogP contribution in [0.2, 0.25) is 0 Å². The third-order valence-corrected chi connectivity index (χ3v) is 8.06. The van der Waals surface area contributed by atoms with E-state index in [0.29, 0.717) is 0 Å². The van der Waals surface area contributed by atoms with Crippen LogP contribution in [0.15, 0.2) is 18.2 Å². The van der Waals surface area contributed by atoms with Crippen LogP contribution in [0.4, 0.5) is 4.39 Å². The highest BCUT2D eigenvalue weighted by molar-refractivity contribution is 6.31. The summed E-state index contributed by atoms with van der Waals surface area (Å²) in [6.07, 6.45) is -5.95. The Bertz CT molecular complexity index is 1410. The number of rotatable bonds is 6. The van der Waals surface area contributed by atoms with Gasteiger partial charge in [-0.25, -0.2) is 4.39 Å². The Kier molecular flexibility index (Phi) is 7.17. The molecule has 1 saturated heterocycles. The van der Waals surface area contributed by atoms with Crippen LogP contribution in [-0.4, -0.2) is 87.4 Å². The van der Waals surface area contributed by atoms with Crippen molar-refractivity contribution in [3.8, 4) is 17.2 Å². The molecule has 12 heteroatoms. The highest BCUT2D eigenvalue weighted by Crippen LogP contribution is 2.52. The second-order valence-electron chi connectivity index (χ2n) is 10.5. The number of phenolic OH excluding ortho intramolecular Hbond substituents is 2. The molecule has 5 N–H and O–H groups in total. The molecule has 2 aromatic rings. The van der Waals surface area contributed by atoms with Crippen LogP contribution in [0.3, 0.4) is 0 Å². The lowest BCUT2D eigenvalue weighted by molar-refractivity contribution is -0.261. The maximum absolute atomic E-state index is 13.7. The summed E-state index contributed by atoms with van der Waals surface area (Å²) in [6.45, 7) is -0.410. The lowest BCUT2D eigenvalue weighted by Crippen LogP contribution is -2.49. The first kappa shape index (κ1) is 28.1. The fraction of sp³-hybridized carbons (Fsp3) is 0.464. The fourth-order valence-corrected chi connectivity index (χ4v) is 5.93. The maximum atomic E-state index is 13.7. The van der Waals surface area contributed by atoms with Crippen LogP contribution >= 0.6 is 0 Å². The van der Waals surface area contributed by atoms with Crippen molar-refractivity contribution in [2.24, 2.45) is 5.92 Å². The number of aliphatic hydroxyl groups excluding tert-OH is 2. The molecule has 2 aliphatic carbocycles. The fourth-order valence-electron chi connectivity index (χ4n) is 5.93. The molecule has 0 saturated carbocycles. The van der Waals surface area contributed by atoms with Gasteiger partial charge in [-0.1, -0.05) is 19.1 Å². The molecule has 0 bridgehead atoms. The van der Waals surface area contributed by atoms with E-state index in [0.717, 1.165) is 0 Å². The summed E-state index contributed by atoms with van der Waals surface area (Å²) < 4.78 is 30.3. The van der Waals surface area contributed by atoms with Crippen molar-refractivity contribution in [1.29, 1.82) is 0 Å². The summed E-state index contributed by atoms with van der Waals surface area (Å²) in [5, 5.41) is 53.8. The van der Waals surface area contributed by atoms with Crippen molar-refractivity contribution in [3.05, 3.63) is 51.6 Å². The Hall–Kier alpha value is -3.42. The molecule has 11 nitrogen and oxygen atoms in total. The van der Waals surface area contributed by atoms with Gasteiger partial charge in [0.05, 0.1) is 36.0 Å². The molecule has 40 heavy (non-hydrogen) atoms. The van der Waals surface area contributed by atoms with Gasteiger partial charge in [0.25, 0.3) is 0 Å². The lowest BCUT2D eigenvalue weighted by atomic mass is 9.72. The minimum absolute atomic E-state index is 0.0720. The lowest BCUT2D eigenvalue weighted by Gasteiger charge is -2.42. The van der Waals surface area contributed by atoms with E-state index in [9.17, 15) is 44.3 Å². The Morgan fingerprint density at radius 1 is 1.15 bits per heavy atom. The first-order valence-corrected chi connectivity index (χ1v) is 12.8. The molecule has 0 radical (unpaired) electrons. The monoisotopic (exact) mass is 560 g/mol. The zero-order valence-corrected chi connectivity index (χ0v) is 21.7. The number of aliphatic hydroxyl groups is 3. The molecule has 1 aliphatic heterocycles. The number of benzene rings is 2. The Morgan fingerprint density at radius 2 is 1.85 bits per heavy atom. The van der Waals surface area contributed by atoms with E-state index >= 15 is 0 Å². The number of ketones is 3. The highest BCUT2D eigenvalue weighted by Gasteiger charge is 2.50. The van der Waals surface area contributed by atoms with Crippen LogP contribution in [0, 0.1) is 5.92 Å². The van der Waals surface area contributed by atoms with Gasteiger partial charge in [-0.2, -0.15) is 0 Å². The number of ether oxygens (including phenoxy) is 3. The zero-order valence-electron chi connectivity index (χ0n) is 21.7. The molecule has 6 atom stereocenters. The minimum Gasteiger partial charge on any atom is -0.507 e. The van der Waals surface area contributed by atoms with Gasteiger partial charge in [0.2, 0.25) is 5.78 Å². The third kappa shape index (κ3) is 4.18. The predicted octanol–water partition coefficient (Wildman–Crippen LogP) is 1.26.